The van der Waals surface area contributed by atoms with E-state index in [4.69, 9.17) is 9.26 Å². The molecule has 7 nitrogen and oxygen atoms in total. The Balaban J connectivity index is 1.92. The first kappa shape index (κ1) is 19.9. The van der Waals surface area contributed by atoms with Crippen LogP contribution in [0.2, 0.25) is 0 Å². The fourth-order valence-electron chi connectivity index (χ4n) is 3.05. The molecule has 1 aromatic carbocycles. The van der Waals surface area contributed by atoms with Crippen LogP contribution in [0.3, 0.4) is 0 Å². The van der Waals surface area contributed by atoms with Crippen LogP contribution in [0.1, 0.15) is 50.2 Å². The van der Waals surface area contributed by atoms with Crippen molar-refractivity contribution in [1.29, 1.82) is 0 Å². The maximum atomic E-state index is 13.1. The van der Waals surface area contributed by atoms with E-state index in [9.17, 15) is 9.59 Å². The van der Waals surface area contributed by atoms with Crippen molar-refractivity contribution in [2.45, 2.75) is 41.0 Å². The second kappa shape index (κ2) is 7.66. The highest BCUT2D eigenvalue weighted by atomic mass is 16.5. The second-order valence-corrected chi connectivity index (χ2v) is 8.24. The van der Waals surface area contributed by atoms with Crippen LogP contribution >= 0.6 is 0 Å². The van der Waals surface area contributed by atoms with Crippen LogP contribution in [-0.4, -0.2) is 30.1 Å². The quantitative estimate of drug-likeness (QED) is 0.840. The number of aromatic nitrogens is 1. The van der Waals surface area contributed by atoms with E-state index in [2.05, 4.69) is 24.3 Å². The van der Waals surface area contributed by atoms with E-state index < -0.39 is 5.41 Å². The van der Waals surface area contributed by atoms with Crippen molar-refractivity contribution in [3.63, 3.8) is 0 Å². The number of anilines is 2. The summed E-state index contributed by atoms with van der Waals surface area (Å²) in [5, 5.41) is 6.48. The Hall–Kier alpha value is -2.83. The van der Waals surface area contributed by atoms with E-state index in [1.54, 1.807) is 30.0 Å². The number of hydrogen-bond donors (Lipinski definition) is 1. The zero-order chi connectivity index (χ0) is 20.5. The second-order valence-electron chi connectivity index (χ2n) is 8.24. The molecule has 0 radical (unpaired) electrons. The van der Waals surface area contributed by atoms with Crippen molar-refractivity contribution in [1.82, 2.24) is 5.16 Å². The number of fused-ring (bicyclic) bond motifs is 1. The molecule has 7 heteroatoms. The van der Waals surface area contributed by atoms with Crippen LogP contribution in [0.4, 0.5) is 11.4 Å². The van der Waals surface area contributed by atoms with Crippen LogP contribution in [0.25, 0.3) is 0 Å². The van der Waals surface area contributed by atoms with Crippen molar-refractivity contribution >= 4 is 23.2 Å². The standard InChI is InChI=1S/C21H27N3O4/c1-13(2)8-9-24-17-10-15(23-19(25)16-11-22-28-14(16)3)6-7-18(17)27-12-21(4,5)20(24)26/h6-7,10-11,13H,8-9,12H2,1-5H3,(H,23,25). The summed E-state index contributed by atoms with van der Waals surface area (Å²) in [6.45, 7) is 10.6. The van der Waals surface area contributed by atoms with E-state index in [0.717, 1.165) is 6.42 Å². The summed E-state index contributed by atoms with van der Waals surface area (Å²) in [5.41, 5.74) is 1.00. The van der Waals surface area contributed by atoms with E-state index >= 15 is 0 Å². The molecule has 2 heterocycles. The summed E-state index contributed by atoms with van der Waals surface area (Å²) in [6, 6.07) is 5.35. The maximum Gasteiger partial charge on any atom is 0.260 e. The SMILES string of the molecule is Cc1oncc1C(=O)Nc1ccc2c(c1)N(CCC(C)C)C(=O)C(C)(C)CO2. The lowest BCUT2D eigenvalue weighted by atomic mass is 9.92. The highest BCUT2D eigenvalue weighted by Crippen LogP contribution is 2.38. The molecule has 1 aliphatic heterocycles. The van der Waals surface area contributed by atoms with Crippen LogP contribution in [0, 0.1) is 18.3 Å². The molecule has 2 amide bonds. The van der Waals surface area contributed by atoms with Crippen molar-refractivity contribution in [3.05, 3.63) is 35.7 Å². The molecule has 150 valence electrons. The van der Waals surface area contributed by atoms with Gasteiger partial charge in [-0.25, -0.2) is 0 Å². The molecule has 0 spiro atoms. The molecule has 2 aromatic rings. The number of amides is 2. The summed E-state index contributed by atoms with van der Waals surface area (Å²) in [6.07, 6.45) is 2.26. The van der Waals surface area contributed by atoms with Gasteiger partial charge in [-0.15, -0.1) is 0 Å². The highest BCUT2D eigenvalue weighted by Gasteiger charge is 2.37. The fourth-order valence-corrected chi connectivity index (χ4v) is 3.05. The van der Waals surface area contributed by atoms with Gasteiger partial charge in [0.15, 0.2) is 0 Å². The van der Waals surface area contributed by atoms with Gasteiger partial charge in [-0.05, 0) is 51.3 Å². The third kappa shape index (κ3) is 4.03. The molecular weight excluding hydrogens is 358 g/mol. The Morgan fingerprint density at radius 1 is 1.36 bits per heavy atom. The van der Waals surface area contributed by atoms with Crippen LogP contribution in [0.15, 0.2) is 28.9 Å². The zero-order valence-corrected chi connectivity index (χ0v) is 17.0. The molecule has 3 rings (SSSR count). The molecular formula is C21H27N3O4. The third-order valence-corrected chi connectivity index (χ3v) is 4.85. The van der Waals surface area contributed by atoms with Gasteiger partial charge in [-0.1, -0.05) is 19.0 Å². The number of ether oxygens (including phenoxy) is 1. The monoisotopic (exact) mass is 385 g/mol. The predicted octanol–water partition coefficient (Wildman–Crippen LogP) is 4.03. The number of nitrogens with one attached hydrogen (secondary N) is 1. The van der Waals surface area contributed by atoms with Gasteiger partial charge in [0.05, 0.1) is 17.3 Å². The molecule has 0 atom stereocenters. The summed E-state index contributed by atoms with van der Waals surface area (Å²) < 4.78 is 10.9. The Kier molecular flexibility index (Phi) is 5.45. The van der Waals surface area contributed by atoms with Crippen molar-refractivity contribution in [2.24, 2.45) is 11.3 Å². The van der Waals surface area contributed by atoms with Gasteiger partial charge in [-0.2, -0.15) is 0 Å². The van der Waals surface area contributed by atoms with Crippen molar-refractivity contribution in [3.8, 4) is 5.75 Å². The van der Waals surface area contributed by atoms with E-state index in [1.807, 2.05) is 13.8 Å². The van der Waals surface area contributed by atoms with Crippen molar-refractivity contribution in [2.75, 3.05) is 23.4 Å². The van der Waals surface area contributed by atoms with Gasteiger partial charge in [0.25, 0.3) is 5.91 Å². The van der Waals surface area contributed by atoms with Crippen LogP contribution < -0.4 is 15.0 Å². The first-order chi connectivity index (χ1) is 13.2. The summed E-state index contributed by atoms with van der Waals surface area (Å²) in [4.78, 5) is 27.4. The summed E-state index contributed by atoms with van der Waals surface area (Å²) in [5.74, 6) is 1.26. The Bertz CT molecular complexity index is 886. The van der Waals surface area contributed by atoms with E-state index in [0.29, 0.717) is 47.5 Å². The van der Waals surface area contributed by atoms with Crippen LogP contribution in [-0.2, 0) is 4.79 Å². The number of carbonyl (C=O) groups excluding carboxylic acids is 2. The average molecular weight is 385 g/mol. The number of benzene rings is 1. The number of rotatable bonds is 5. The minimum absolute atomic E-state index is 0.0188. The number of carbonyl (C=O) groups is 2. The molecule has 28 heavy (non-hydrogen) atoms. The average Bonchev–Trinajstić information content (AvgIpc) is 3.03. The first-order valence-electron chi connectivity index (χ1n) is 9.50. The maximum absolute atomic E-state index is 13.1. The topological polar surface area (TPSA) is 84.7 Å². The van der Waals surface area contributed by atoms with Gasteiger partial charge in [0.1, 0.15) is 23.7 Å². The van der Waals surface area contributed by atoms with Gasteiger partial charge >= 0.3 is 0 Å². The van der Waals surface area contributed by atoms with E-state index in [1.165, 1.54) is 6.20 Å². The van der Waals surface area contributed by atoms with Gasteiger partial charge in [-0.3, -0.25) is 9.59 Å². The Labute approximate surface area is 165 Å². The molecule has 0 unspecified atom stereocenters. The molecule has 0 aliphatic carbocycles. The minimum atomic E-state index is -0.626. The fraction of sp³-hybridized carbons (Fsp3) is 0.476. The lowest BCUT2D eigenvalue weighted by Gasteiger charge is -2.28. The minimum Gasteiger partial charge on any atom is -0.490 e. The predicted molar refractivity (Wildman–Crippen MR) is 107 cm³/mol. The molecule has 0 saturated carbocycles. The molecule has 1 aromatic heterocycles. The number of nitrogens with zero attached hydrogens (tertiary/aromatic N) is 2. The molecule has 0 fully saturated rings. The first-order valence-corrected chi connectivity index (χ1v) is 9.50. The summed E-state index contributed by atoms with van der Waals surface area (Å²) >= 11 is 0. The van der Waals surface area contributed by atoms with Crippen molar-refractivity contribution < 1.29 is 18.8 Å². The molecule has 0 bridgehead atoms. The molecule has 1 N–H and O–H groups in total. The Morgan fingerprint density at radius 3 is 2.75 bits per heavy atom. The highest BCUT2D eigenvalue weighted by molar-refractivity contribution is 6.05. The van der Waals surface area contributed by atoms with Gasteiger partial charge in [0, 0.05) is 12.2 Å². The van der Waals surface area contributed by atoms with Gasteiger partial charge in [0.2, 0.25) is 5.91 Å². The summed E-state index contributed by atoms with van der Waals surface area (Å²) in [7, 11) is 0. The lowest BCUT2D eigenvalue weighted by molar-refractivity contribution is -0.127. The normalized spacial score (nSPS) is 15.8. The molecule has 1 aliphatic rings. The third-order valence-electron chi connectivity index (χ3n) is 4.85. The largest absolute Gasteiger partial charge is 0.490 e. The lowest BCUT2D eigenvalue weighted by Crippen LogP contribution is -2.42. The van der Waals surface area contributed by atoms with E-state index in [-0.39, 0.29) is 11.8 Å². The Morgan fingerprint density at radius 2 is 2.11 bits per heavy atom. The molecule has 0 saturated heterocycles. The van der Waals surface area contributed by atoms with Crippen LogP contribution in [0.5, 0.6) is 5.75 Å². The number of hydrogen-bond acceptors (Lipinski definition) is 5. The zero-order valence-electron chi connectivity index (χ0n) is 17.0. The smallest absolute Gasteiger partial charge is 0.260 e. The van der Waals surface area contributed by atoms with Gasteiger partial charge < -0.3 is 19.5 Å². The number of aryl methyl sites for hydroxylation is 1.